The average molecular weight is 468 g/mol. The van der Waals surface area contributed by atoms with Crippen LogP contribution in [0.25, 0.3) is 22.0 Å². The topological polar surface area (TPSA) is 90.3 Å². The van der Waals surface area contributed by atoms with Crippen LogP contribution in [-0.4, -0.2) is 28.0 Å². The lowest BCUT2D eigenvalue weighted by Crippen LogP contribution is -2.25. The van der Waals surface area contributed by atoms with Gasteiger partial charge in [0.25, 0.3) is 11.5 Å². The van der Waals surface area contributed by atoms with E-state index in [-0.39, 0.29) is 11.1 Å². The molecule has 0 spiro atoms. The molecule has 3 aromatic carbocycles. The SMILES string of the molecule is O=C(COC(=O)c1ccc2c(=O)n3c(nc2c1)CCCCC3)Nc1ccccc1-c1ccccc1. The molecule has 0 saturated heterocycles. The van der Waals surface area contributed by atoms with Crippen LogP contribution in [0.2, 0.25) is 0 Å². The number of fused-ring (bicyclic) bond motifs is 2. The molecule has 1 aliphatic rings. The molecule has 4 aromatic rings. The Labute approximate surface area is 202 Å². The molecule has 2 heterocycles. The van der Waals surface area contributed by atoms with Crippen LogP contribution in [0.3, 0.4) is 0 Å². The summed E-state index contributed by atoms with van der Waals surface area (Å²) in [6.45, 7) is 0.240. The number of aryl methyl sites for hydroxylation is 1. The van der Waals surface area contributed by atoms with E-state index in [1.54, 1.807) is 28.8 Å². The molecule has 0 fully saturated rings. The van der Waals surface area contributed by atoms with E-state index in [2.05, 4.69) is 10.3 Å². The minimum Gasteiger partial charge on any atom is -0.452 e. The monoisotopic (exact) mass is 467 g/mol. The molecule has 0 saturated carbocycles. The van der Waals surface area contributed by atoms with Crippen molar-refractivity contribution in [1.29, 1.82) is 0 Å². The van der Waals surface area contributed by atoms with Gasteiger partial charge >= 0.3 is 5.97 Å². The zero-order chi connectivity index (χ0) is 24.2. The summed E-state index contributed by atoms with van der Waals surface area (Å²) in [4.78, 5) is 42.7. The molecule has 1 aliphatic heterocycles. The Kier molecular flexibility index (Phi) is 6.39. The van der Waals surface area contributed by atoms with Gasteiger partial charge in [0.2, 0.25) is 0 Å². The molecule has 1 amide bonds. The number of aromatic nitrogens is 2. The van der Waals surface area contributed by atoms with Crippen molar-refractivity contribution in [3.63, 3.8) is 0 Å². The van der Waals surface area contributed by atoms with E-state index in [9.17, 15) is 14.4 Å². The maximum absolute atomic E-state index is 12.9. The van der Waals surface area contributed by atoms with E-state index in [0.29, 0.717) is 23.1 Å². The lowest BCUT2D eigenvalue weighted by molar-refractivity contribution is -0.119. The largest absolute Gasteiger partial charge is 0.452 e. The highest BCUT2D eigenvalue weighted by Crippen LogP contribution is 2.27. The molecule has 1 aromatic heterocycles. The number of carbonyl (C=O) groups is 2. The van der Waals surface area contributed by atoms with Gasteiger partial charge in [-0.1, -0.05) is 55.0 Å². The molecule has 1 N–H and O–H groups in total. The first-order valence-electron chi connectivity index (χ1n) is 11.7. The van der Waals surface area contributed by atoms with Gasteiger partial charge in [0.05, 0.1) is 16.5 Å². The second-order valence-corrected chi connectivity index (χ2v) is 8.56. The van der Waals surface area contributed by atoms with E-state index in [1.165, 1.54) is 0 Å². The minimum absolute atomic E-state index is 0.0803. The second kappa shape index (κ2) is 9.93. The first kappa shape index (κ1) is 22.5. The maximum Gasteiger partial charge on any atom is 0.338 e. The van der Waals surface area contributed by atoms with E-state index >= 15 is 0 Å². The Bertz CT molecular complexity index is 1460. The molecular weight excluding hydrogens is 442 g/mol. The molecular formula is C28H25N3O4. The quantitative estimate of drug-likeness (QED) is 0.434. The summed E-state index contributed by atoms with van der Waals surface area (Å²) in [5, 5.41) is 3.29. The Morgan fingerprint density at radius 2 is 1.74 bits per heavy atom. The van der Waals surface area contributed by atoms with Crippen LogP contribution >= 0.6 is 0 Å². The van der Waals surface area contributed by atoms with Crippen molar-refractivity contribution in [3.05, 3.63) is 94.5 Å². The summed E-state index contributed by atoms with van der Waals surface area (Å²) in [7, 11) is 0. The van der Waals surface area contributed by atoms with Gasteiger partial charge in [-0.2, -0.15) is 0 Å². The molecule has 0 atom stereocenters. The Balaban J connectivity index is 1.29. The number of nitrogens with one attached hydrogen (secondary N) is 1. The smallest absolute Gasteiger partial charge is 0.338 e. The third-order valence-corrected chi connectivity index (χ3v) is 6.17. The molecule has 35 heavy (non-hydrogen) atoms. The van der Waals surface area contributed by atoms with E-state index in [0.717, 1.165) is 42.6 Å². The van der Waals surface area contributed by atoms with Crippen molar-refractivity contribution in [2.45, 2.75) is 32.2 Å². The number of anilines is 1. The van der Waals surface area contributed by atoms with Gasteiger partial charge in [-0.15, -0.1) is 0 Å². The molecule has 0 unspecified atom stereocenters. The Morgan fingerprint density at radius 1 is 0.943 bits per heavy atom. The summed E-state index contributed by atoms with van der Waals surface area (Å²) in [5.41, 5.74) is 3.12. The molecule has 0 bridgehead atoms. The van der Waals surface area contributed by atoms with Crippen molar-refractivity contribution in [1.82, 2.24) is 9.55 Å². The number of amides is 1. The van der Waals surface area contributed by atoms with Gasteiger partial charge in [-0.3, -0.25) is 14.2 Å². The zero-order valence-corrected chi connectivity index (χ0v) is 19.2. The molecule has 7 heteroatoms. The summed E-state index contributed by atoms with van der Waals surface area (Å²) in [6, 6.07) is 21.9. The van der Waals surface area contributed by atoms with Crippen LogP contribution in [0.1, 0.15) is 35.4 Å². The first-order chi connectivity index (χ1) is 17.1. The standard InChI is InChI=1S/C28H25N3O4/c32-26(30-23-12-7-6-11-21(23)19-9-3-1-4-10-19)18-35-28(34)20-14-15-22-24(17-20)29-25-13-5-2-8-16-31(25)27(22)33/h1,3-4,6-7,9-12,14-15,17H,2,5,8,13,16,18H2,(H,30,32). The van der Waals surface area contributed by atoms with Crippen molar-refractivity contribution < 1.29 is 14.3 Å². The predicted octanol–water partition coefficient (Wildman–Crippen LogP) is 4.59. The number of nitrogens with zero attached hydrogens (tertiary/aromatic N) is 2. The highest BCUT2D eigenvalue weighted by molar-refractivity contribution is 5.99. The number of esters is 1. The normalized spacial score (nSPS) is 13.0. The van der Waals surface area contributed by atoms with Crippen LogP contribution in [0.15, 0.2) is 77.6 Å². The molecule has 7 nitrogen and oxygen atoms in total. The summed E-state index contributed by atoms with van der Waals surface area (Å²) in [5.74, 6) is -0.332. The van der Waals surface area contributed by atoms with Gasteiger partial charge in [-0.05, 0) is 42.7 Å². The molecule has 0 radical (unpaired) electrons. The second-order valence-electron chi connectivity index (χ2n) is 8.56. The van der Waals surface area contributed by atoms with Crippen LogP contribution in [0, 0.1) is 0 Å². The van der Waals surface area contributed by atoms with Crippen molar-refractivity contribution in [2.24, 2.45) is 0 Å². The fourth-order valence-electron chi connectivity index (χ4n) is 4.41. The van der Waals surface area contributed by atoms with E-state index < -0.39 is 18.5 Å². The fraction of sp³-hybridized carbons (Fsp3) is 0.214. The summed E-state index contributed by atoms with van der Waals surface area (Å²) < 4.78 is 7.00. The lowest BCUT2D eigenvalue weighted by atomic mass is 10.0. The molecule has 5 rings (SSSR count). The number of para-hydroxylation sites is 1. The van der Waals surface area contributed by atoms with Gasteiger partial charge in [-0.25, -0.2) is 9.78 Å². The van der Waals surface area contributed by atoms with Crippen molar-refractivity contribution in [3.8, 4) is 11.1 Å². The molecule has 176 valence electrons. The number of benzene rings is 3. The van der Waals surface area contributed by atoms with Gasteiger partial charge < -0.3 is 10.1 Å². The third kappa shape index (κ3) is 4.84. The summed E-state index contributed by atoms with van der Waals surface area (Å²) >= 11 is 0. The van der Waals surface area contributed by atoms with Crippen LogP contribution in [0.5, 0.6) is 0 Å². The van der Waals surface area contributed by atoms with Crippen molar-refractivity contribution >= 4 is 28.5 Å². The van der Waals surface area contributed by atoms with Gasteiger partial charge in [0, 0.05) is 24.2 Å². The number of ether oxygens (including phenoxy) is 1. The fourth-order valence-corrected chi connectivity index (χ4v) is 4.41. The van der Waals surface area contributed by atoms with Crippen molar-refractivity contribution in [2.75, 3.05) is 11.9 Å². The zero-order valence-electron chi connectivity index (χ0n) is 19.2. The van der Waals surface area contributed by atoms with Gasteiger partial charge in [0.15, 0.2) is 6.61 Å². The Morgan fingerprint density at radius 3 is 2.60 bits per heavy atom. The van der Waals surface area contributed by atoms with Crippen LogP contribution < -0.4 is 10.9 Å². The minimum atomic E-state index is -0.643. The third-order valence-electron chi connectivity index (χ3n) is 6.17. The summed E-state index contributed by atoms with van der Waals surface area (Å²) in [6.07, 6.45) is 3.75. The van der Waals surface area contributed by atoms with Crippen LogP contribution in [0.4, 0.5) is 5.69 Å². The maximum atomic E-state index is 12.9. The van der Waals surface area contributed by atoms with E-state index in [4.69, 9.17) is 4.74 Å². The average Bonchev–Trinajstić information content (AvgIpc) is 3.14. The number of rotatable bonds is 5. The highest BCUT2D eigenvalue weighted by Gasteiger charge is 2.17. The molecule has 0 aliphatic carbocycles. The van der Waals surface area contributed by atoms with E-state index in [1.807, 2.05) is 48.5 Å². The predicted molar refractivity (Wildman–Crippen MR) is 134 cm³/mol. The van der Waals surface area contributed by atoms with Crippen LogP contribution in [-0.2, 0) is 22.5 Å². The number of carbonyl (C=O) groups excluding carboxylic acids is 2. The lowest BCUT2D eigenvalue weighted by Gasteiger charge is -2.12. The Hall–Kier alpha value is -4.26. The first-order valence-corrected chi connectivity index (χ1v) is 11.7. The van der Waals surface area contributed by atoms with Gasteiger partial charge in [0.1, 0.15) is 5.82 Å². The number of hydrogen-bond acceptors (Lipinski definition) is 5. The number of hydrogen-bond donors (Lipinski definition) is 1. The highest BCUT2D eigenvalue weighted by atomic mass is 16.5.